The number of hydrogen-bond acceptors (Lipinski definition) is 4. The van der Waals surface area contributed by atoms with E-state index < -0.39 is 21.7 Å². The fourth-order valence-corrected chi connectivity index (χ4v) is 12.3. The first-order chi connectivity index (χ1) is 18.7. The van der Waals surface area contributed by atoms with Gasteiger partial charge in [0.25, 0.3) is 0 Å². The Labute approximate surface area is 244 Å². The molecule has 0 bridgehead atoms. The molecule has 0 radical (unpaired) electrons. The molecule has 3 N–H and O–H groups in total. The van der Waals surface area contributed by atoms with Gasteiger partial charge in [0.05, 0.1) is 33.7 Å². The molecule has 4 rings (SSSR count). The first-order valence-electron chi connectivity index (χ1n) is 16.4. The monoisotopic (exact) mass is 583 g/mol. The van der Waals surface area contributed by atoms with Crippen LogP contribution in [0, 0.1) is 46.3 Å². The standard InChI is InChI=1S/C32H58N2O5S/c1-7-21-34(5,6)32(20-22-35,40(37,38)39)33-29(36)16-11-23(2)26-14-15-27-25-13-12-24-10-8-9-18-30(24,3)28(25)17-19-31(26,27)4/h23-28,35H,7-22H2,1-6H3,(H-,33,36,37,38,39)/p+1/t23-,24?,25?,26-,27?,28?,30+,31-,32?/m1/s1. The number of aliphatic hydroxyl groups is 1. The third-order valence-corrected chi connectivity index (χ3v) is 14.8. The van der Waals surface area contributed by atoms with E-state index in [0.717, 1.165) is 23.7 Å². The molecule has 0 aromatic rings. The van der Waals surface area contributed by atoms with Crippen molar-refractivity contribution < 1.29 is 27.4 Å². The average Bonchev–Trinajstić information content (AvgIpc) is 3.23. The molecule has 4 aliphatic carbocycles. The van der Waals surface area contributed by atoms with Crippen molar-refractivity contribution in [3.8, 4) is 0 Å². The Morgan fingerprint density at radius 1 is 1.02 bits per heavy atom. The highest BCUT2D eigenvalue weighted by molar-refractivity contribution is 7.87. The summed E-state index contributed by atoms with van der Waals surface area (Å²) in [5.41, 5.74) is 0.868. The van der Waals surface area contributed by atoms with Gasteiger partial charge < -0.3 is 5.11 Å². The largest absolute Gasteiger partial charge is 0.396 e. The van der Waals surface area contributed by atoms with Gasteiger partial charge in [0.2, 0.25) is 5.91 Å². The lowest BCUT2D eigenvalue weighted by Gasteiger charge is -2.61. The van der Waals surface area contributed by atoms with Crippen LogP contribution in [0.4, 0.5) is 0 Å². The quantitative estimate of drug-likeness (QED) is 0.158. The minimum absolute atomic E-state index is 0.144. The minimum Gasteiger partial charge on any atom is -0.396 e. The van der Waals surface area contributed by atoms with Gasteiger partial charge in [0.15, 0.2) is 0 Å². The van der Waals surface area contributed by atoms with E-state index in [1.807, 2.05) is 6.92 Å². The van der Waals surface area contributed by atoms with Crippen LogP contribution in [0.5, 0.6) is 0 Å². The summed E-state index contributed by atoms with van der Waals surface area (Å²) in [7, 11) is -1.31. The van der Waals surface area contributed by atoms with E-state index in [9.17, 15) is 22.9 Å². The molecule has 0 aromatic heterocycles. The Kier molecular flexibility index (Phi) is 9.48. The Morgan fingerprint density at radius 3 is 2.38 bits per heavy atom. The summed E-state index contributed by atoms with van der Waals surface area (Å²) in [6.07, 6.45) is 15.1. The SMILES string of the molecule is CCC[N+](C)(C)C(CCO)(NC(=O)CC[C@@H](C)[C@H]1CCC2C3CCC4CCCC[C@]4(C)C3CC[C@@]21C)S(=O)(=O)O. The number of carbonyl (C=O) groups is 1. The molecule has 4 fully saturated rings. The number of carbonyl (C=O) groups excluding carboxylic acids is 1. The predicted octanol–water partition coefficient (Wildman–Crippen LogP) is 5.98. The molecule has 9 atom stereocenters. The van der Waals surface area contributed by atoms with E-state index in [1.165, 1.54) is 64.2 Å². The molecule has 8 heteroatoms. The lowest BCUT2D eigenvalue weighted by molar-refractivity contribution is -0.929. The van der Waals surface area contributed by atoms with Gasteiger partial charge in [0.1, 0.15) is 0 Å². The highest BCUT2D eigenvalue weighted by Crippen LogP contribution is 2.68. The van der Waals surface area contributed by atoms with Crippen LogP contribution in [0.1, 0.15) is 118 Å². The van der Waals surface area contributed by atoms with Gasteiger partial charge >= 0.3 is 15.1 Å². The third-order valence-electron chi connectivity index (χ3n) is 13.1. The molecule has 4 aliphatic rings. The van der Waals surface area contributed by atoms with Crippen molar-refractivity contribution in [3.63, 3.8) is 0 Å². The van der Waals surface area contributed by atoms with Crippen molar-refractivity contribution in [2.45, 2.75) is 123 Å². The van der Waals surface area contributed by atoms with Gasteiger partial charge in [-0.3, -0.25) is 19.1 Å². The van der Waals surface area contributed by atoms with Gasteiger partial charge in [-0.05, 0) is 111 Å². The van der Waals surface area contributed by atoms with Gasteiger partial charge in [-0.25, -0.2) is 0 Å². The maximum Gasteiger partial charge on any atom is 0.343 e. The van der Waals surface area contributed by atoms with Gasteiger partial charge in [-0.2, -0.15) is 8.42 Å². The van der Waals surface area contributed by atoms with Gasteiger partial charge in [0, 0.05) is 6.42 Å². The molecular weight excluding hydrogens is 524 g/mol. The summed E-state index contributed by atoms with van der Waals surface area (Å²) in [4.78, 5) is 11.3. The molecule has 0 spiro atoms. The number of quaternary nitrogens is 1. The maximum atomic E-state index is 13.3. The van der Waals surface area contributed by atoms with E-state index in [4.69, 9.17) is 0 Å². The number of nitrogens with one attached hydrogen (secondary N) is 1. The second kappa shape index (κ2) is 11.8. The minimum atomic E-state index is -4.69. The van der Waals surface area contributed by atoms with Crippen molar-refractivity contribution in [1.29, 1.82) is 0 Å². The Bertz CT molecular complexity index is 1020. The molecule has 1 amide bonds. The van der Waals surface area contributed by atoms with Crippen molar-refractivity contribution in [3.05, 3.63) is 0 Å². The summed E-state index contributed by atoms with van der Waals surface area (Å²) < 4.78 is 35.5. The normalized spacial score (nSPS) is 38.5. The van der Waals surface area contributed by atoms with Crippen molar-refractivity contribution >= 4 is 16.0 Å². The van der Waals surface area contributed by atoms with E-state index in [2.05, 4.69) is 26.1 Å². The van der Waals surface area contributed by atoms with Crippen LogP contribution in [-0.2, 0) is 14.9 Å². The van der Waals surface area contributed by atoms with E-state index in [-0.39, 0.29) is 23.2 Å². The van der Waals surface area contributed by atoms with Crippen molar-refractivity contribution in [2.75, 3.05) is 27.2 Å². The van der Waals surface area contributed by atoms with E-state index >= 15 is 0 Å². The predicted molar refractivity (Wildman–Crippen MR) is 160 cm³/mol. The first-order valence-corrected chi connectivity index (χ1v) is 17.8. The number of nitrogens with zero attached hydrogens (tertiary/aromatic N) is 1. The van der Waals surface area contributed by atoms with Crippen molar-refractivity contribution in [2.24, 2.45) is 46.3 Å². The zero-order chi connectivity index (χ0) is 29.6. The average molecular weight is 584 g/mol. The van der Waals surface area contributed by atoms with Crippen LogP contribution >= 0.6 is 0 Å². The van der Waals surface area contributed by atoms with Crippen LogP contribution in [-0.4, -0.2) is 60.7 Å². The Balaban J connectivity index is 1.43. The van der Waals surface area contributed by atoms with Crippen LogP contribution in [0.15, 0.2) is 0 Å². The number of fused-ring (bicyclic) bond motifs is 5. The molecule has 0 aromatic carbocycles. The lowest BCUT2D eigenvalue weighted by atomic mass is 9.44. The highest BCUT2D eigenvalue weighted by Gasteiger charge is 2.60. The smallest absolute Gasteiger partial charge is 0.343 e. The third kappa shape index (κ3) is 5.41. The summed E-state index contributed by atoms with van der Waals surface area (Å²) in [5.74, 6) is 4.04. The molecule has 0 heterocycles. The number of rotatable bonds is 11. The summed E-state index contributed by atoms with van der Waals surface area (Å²) in [6.45, 7) is 9.38. The topological polar surface area (TPSA) is 104 Å². The van der Waals surface area contributed by atoms with Crippen LogP contribution in [0.3, 0.4) is 0 Å². The molecular formula is C32H59N2O5S+. The Hall–Kier alpha value is -0.700. The second-order valence-corrected chi connectivity index (χ2v) is 17.0. The molecule has 5 unspecified atom stereocenters. The maximum absolute atomic E-state index is 13.3. The number of amides is 1. The Morgan fingerprint density at radius 2 is 1.73 bits per heavy atom. The zero-order valence-corrected chi connectivity index (χ0v) is 27.1. The fourth-order valence-electron chi connectivity index (χ4n) is 11.0. The number of hydrogen-bond donors (Lipinski definition) is 3. The second-order valence-electron chi connectivity index (χ2n) is 15.3. The van der Waals surface area contributed by atoms with Crippen LogP contribution < -0.4 is 5.32 Å². The van der Waals surface area contributed by atoms with Crippen molar-refractivity contribution in [1.82, 2.24) is 5.32 Å². The molecule has 232 valence electrons. The van der Waals surface area contributed by atoms with E-state index in [0.29, 0.717) is 42.1 Å². The molecule has 7 nitrogen and oxygen atoms in total. The first kappa shape index (κ1) is 32.2. The molecule has 0 aliphatic heterocycles. The lowest BCUT2D eigenvalue weighted by Crippen LogP contribution is -2.72. The highest BCUT2D eigenvalue weighted by atomic mass is 32.2. The molecule has 0 saturated heterocycles. The number of aliphatic hydroxyl groups excluding tert-OH is 1. The van der Waals surface area contributed by atoms with Crippen LogP contribution in [0.2, 0.25) is 0 Å². The summed E-state index contributed by atoms with van der Waals surface area (Å²) in [5, 5.41) is 12.4. The van der Waals surface area contributed by atoms with E-state index in [1.54, 1.807) is 14.1 Å². The van der Waals surface area contributed by atoms with Gasteiger partial charge in [-0.15, -0.1) is 0 Å². The zero-order valence-electron chi connectivity index (χ0n) is 26.3. The molecule has 40 heavy (non-hydrogen) atoms. The van der Waals surface area contributed by atoms with Gasteiger partial charge in [-0.1, -0.05) is 40.5 Å². The fraction of sp³-hybridized carbons (Fsp3) is 0.969. The summed E-state index contributed by atoms with van der Waals surface area (Å²) in [6, 6.07) is 0. The van der Waals surface area contributed by atoms with Crippen LogP contribution in [0.25, 0.3) is 0 Å². The molecule has 4 saturated carbocycles. The summed E-state index contributed by atoms with van der Waals surface area (Å²) >= 11 is 0.